The number of benzene rings is 1. The van der Waals surface area contributed by atoms with E-state index in [1.54, 1.807) is 25.5 Å². The SMILES string of the molecule is CCOC(=O)[C@H](N[C@@H]1CCN(CC(F)(F)F)C1=O)c1c(C)nn(-c2ccccc2)c1C. The first-order valence-corrected chi connectivity index (χ1v) is 10.0. The minimum Gasteiger partial charge on any atom is -0.465 e. The number of hydrogen-bond donors (Lipinski definition) is 1. The van der Waals surface area contributed by atoms with Crippen LogP contribution in [0.5, 0.6) is 0 Å². The number of aromatic nitrogens is 2. The van der Waals surface area contributed by atoms with Crippen LogP contribution in [0.2, 0.25) is 0 Å². The van der Waals surface area contributed by atoms with Crippen LogP contribution in [-0.2, 0) is 14.3 Å². The Morgan fingerprint density at radius 1 is 1.29 bits per heavy atom. The van der Waals surface area contributed by atoms with Crippen molar-refractivity contribution >= 4 is 11.9 Å². The Bertz CT molecular complexity index is 943. The molecule has 2 atom stereocenters. The Balaban J connectivity index is 1.90. The van der Waals surface area contributed by atoms with Crippen LogP contribution in [0.4, 0.5) is 13.2 Å². The molecule has 10 heteroatoms. The third-order valence-electron chi connectivity index (χ3n) is 5.19. The summed E-state index contributed by atoms with van der Waals surface area (Å²) in [5, 5.41) is 7.47. The molecule has 1 amide bonds. The van der Waals surface area contributed by atoms with Crippen molar-refractivity contribution in [1.29, 1.82) is 0 Å². The van der Waals surface area contributed by atoms with Crippen molar-refractivity contribution in [2.24, 2.45) is 0 Å². The lowest BCUT2D eigenvalue weighted by Gasteiger charge is -2.23. The first kappa shape index (κ1) is 22.8. The van der Waals surface area contributed by atoms with E-state index in [4.69, 9.17) is 4.74 Å². The molecule has 2 aromatic rings. The summed E-state index contributed by atoms with van der Waals surface area (Å²) in [5.74, 6) is -1.29. The number of carbonyl (C=O) groups excluding carboxylic acids is 2. The van der Waals surface area contributed by atoms with Crippen molar-refractivity contribution in [3.8, 4) is 5.69 Å². The standard InChI is InChI=1S/C21H25F3N4O3/c1-4-31-20(30)18(25-16-10-11-27(19(16)29)12-21(22,23)24)17-13(2)26-28(14(17)3)15-8-6-5-7-9-15/h5-9,16,18,25H,4,10-12H2,1-3H3/t16-,18-/m1/s1. The van der Waals surface area contributed by atoms with Gasteiger partial charge in [-0.25, -0.2) is 9.48 Å². The van der Waals surface area contributed by atoms with Crippen LogP contribution in [-0.4, -0.2) is 58.5 Å². The highest BCUT2D eigenvalue weighted by atomic mass is 19.4. The van der Waals surface area contributed by atoms with Gasteiger partial charge in [0.2, 0.25) is 5.91 Å². The first-order chi connectivity index (χ1) is 14.6. The molecule has 1 aliphatic rings. The summed E-state index contributed by atoms with van der Waals surface area (Å²) >= 11 is 0. The molecule has 0 spiro atoms. The van der Waals surface area contributed by atoms with Crippen molar-refractivity contribution in [1.82, 2.24) is 20.0 Å². The number of ether oxygens (including phenoxy) is 1. The summed E-state index contributed by atoms with van der Waals surface area (Å²) in [6.45, 7) is 3.98. The van der Waals surface area contributed by atoms with E-state index < -0.39 is 36.7 Å². The zero-order valence-electron chi connectivity index (χ0n) is 17.6. The minimum absolute atomic E-state index is 0.0349. The fourth-order valence-electron chi connectivity index (χ4n) is 3.86. The first-order valence-electron chi connectivity index (χ1n) is 10.0. The second-order valence-corrected chi connectivity index (χ2v) is 7.40. The third-order valence-corrected chi connectivity index (χ3v) is 5.19. The van der Waals surface area contributed by atoms with Crippen molar-refractivity contribution in [2.75, 3.05) is 19.7 Å². The van der Waals surface area contributed by atoms with Gasteiger partial charge < -0.3 is 9.64 Å². The van der Waals surface area contributed by atoms with E-state index in [1.807, 2.05) is 30.3 Å². The van der Waals surface area contributed by atoms with Gasteiger partial charge in [-0.2, -0.15) is 18.3 Å². The summed E-state index contributed by atoms with van der Waals surface area (Å²) in [5.41, 5.74) is 2.57. The van der Waals surface area contributed by atoms with Crippen LogP contribution in [0.1, 0.15) is 36.3 Å². The topological polar surface area (TPSA) is 76.5 Å². The predicted molar refractivity (Wildman–Crippen MR) is 107 cm³/mol. The lowest BCUT2D eigenvalue weighted by molar-refractivity contribution is -0.158. The highest BCUT2D eigenvalue weighted by Crippen LogP contribution is 2.28. The molecule has 7 nitrogen and oxygen atoms in total. The van der Waals surface area contributed by atoms with Gasteiger partial charge in [-0.1, -0.05) is 18.2 Å². The van der Waals surface area contributed by atoms with E-state index in [-0.39, 0.29) is 19.6 Å². The van der Waals surface area contributed by atoms with E-state index in [1.165, 1.54) is 0 Å². The Labute approximate surface area is 178 Å². The average Bonchev–Trinajstić information content (AvgIpc) is 3.19. The lowest BCUT2D eigenvalue weighted by atomic mass is 10.0. The Hall–Kier alpha value is -2.88. The van der Waals surface area contributed by atoms with Crippen LogP contribution in [0.3, 0.4) is 0 Å². The molecule has 1 fully saturated rings. The van der Waals surface area contributed by atoms with Crippen LogP contribution in [0, 0.1) is 13.8 Å². The molecular formula is C21H25F3N4O3. The molecule has 0 unspecified atom stereocenters. The Morgan fingerprint density at radius 2 is 1.97 bits per heavy atom. The van der Waals surface area contributed by atoms with Gasteiger partial charge in [0.1, 0.15) is 12.6 Å². The van der Waals surface area contributed by atoms with Gasteiger partial charge in [0, 0.05) is 17.8 Å². The predicted octanol–water partition coefficient (Wildman–Crippen LogP) is 2.85. The summed E-state index contributed by atoms with van der Waals surface area (Å²) in [4.78, 5) is 26.0. The summed E-state index contributed by atoms with van der Waals surface area (Å²) in [6.07, 6.45) is -4.31. The second kappa shape index (κ2) is 9.09. The van der Waals surface area contributed by atoms with Crippen molar-refractivity contribution < 1.29 is 27.5 Å². The van der Waals surface area contributed by atoms with Crippen LogP contribution >= 0.6 is 0 Å². The molecule has 1 saturated heterocycles. The number of aryl methyl sites for hydroxylation is 1. The highest BCUT2D eigenvalue weighted by Gasteiger charge is 2.41. The molecular weight excluding hydrogens is 413 g/mol. The monoisotopic (exact) mass is 438 g/mol. The summed E-state index contributed by atoms with van der Waals surface area (Å²) in [6, 6.07) is 7.37. The number of hydrogen-bond acceptors (Lipinski definition) is 5. The molecule has 168 valence electrons. The number of amides is 1. The van der Waals surface area contributed by atoms with E-state index >= 15 is 0 Å². The average molecular weight is 438 g/mol. The molecule has 31 heavy (non-hydrogen) atoms. The van der Waals surface area contributed by atoms with E-state index in [0.29, 0.717) is 17.0 Å². The second-order valence-electron chi connectivity index (χ2n) is 7.40. The molecule has 0 saturated carbocycles. The number of alkyl halides is 3. The Morgan fingerprint density at radius 3 is 2.58 bits per heavy atom. The number of carbonyl (C=O) groups is 2. The largest absolute Gasteiger partial charge is 0.465 e. The smallest absolute Gasteiger partial charge is 0.406 e. The minimum atomic E-state index is -4.48. The highest BCUT2D eigenvalue weighted by molar-refractivity contribution is 5.86. The number of para-hydroxylation sites is 1. The Kier molecular flexibility index (Phi) is 6.68. The van der Waals surface area contributed by atoms with Gasteiger partial charge in [-0.3, -0.25) is 10.1 Å². The molecule has 0 aliphatic carbocycles. The van der Waals surface area contributed by atoms with Gasteiger partial charge in [0.25, 0.3) is 0 Å². The lowest BCUT2D eigenvalue weighted by Crippen LogP contribution is -2.45. The fourth-order valence-corrected chi connectivity index (χ4v) is 3.86. The summed E-state index contributed by atoms with van der Waals surface area (Å²) in [7, 11) is 0. The molecule has 1 aromatic heterocycles. The number of nitrogens with one attached hydrogen (secondary N) is 1. The number of nitrogens with zero attached hydrogens (tertiary/aromatic N) is 3. The molecule has 2 heterocycles. The molecule has 1 aliphatic heterocycles. The fraction of sp³-hybridized carbons (Fsp3) is 0.476. The van der Waals surface area contributed by atoms with Gasteiger partial charge in [0.05, 0.1) is 24.0 Å². The number of esters is 1. The maximum atomic E-state index is 12.8. The molecule has 1 N–H and O–H groups in total. The number of rotatable bonds is 7. The van der Waals surface area contributed by atoms with Gasteiger partial charge in [-0.15, -0.1) is 0 Å². The van der Waals surface area contributed by atoms with Crippen LogP contribution in [0.25, 0.3) is 5.69 Å². The molecule has 1 aromatic carbocycles. The van der Waals surface area contributed by atoms with Crippen molar-refractivity contribution in [3.05, 3.63) is 47.3 Å². The van der Waals surface area contributed by atoms with Crippen molar-refractivity contribution in [2.45, 2.75) is 45.5 Å². The van der Waals surface area contributed by atoms with Gasteiger partial charge in [0.15, 0.2) is 0 Å². The number of likely N-dealkylation sites (tertiary alicyclic amines) is 1. The zero-order chi connectivity index (χ0) is 22.8. The van der Waals surface area contributed by atoms with Crippen LogP contribution in [0.15, 0.2) is 30.3 Å². The quantitative estimate of drug-likeness (QED) is 0.673. The van der Waals surface area contributed by atoms with Crippen LogP contribution < -0.4 is 5.32 Å². The van der Waals surface area contributed by atoms with Crippen molar-refractivity contribution in [3.63, 3.8) is 0 Å². The van der Waals surface area contributed by atoms with Gasteiger partial charge >= 0.3 is 12.1 Å². The van der Waals surface area contributed by atoms with E-state index in [0.717, 1.165) is 10.6 Å². The number of halogens is 3. The maximum Gasteiger partial charge on any atom is 0.406 e. The zero-order valence-corrected chi connectivity index (χ0v) is 17.6. The molecule has 0 radical (unpaired) electrons. The van der Waals surface area contributed by atoms with E-state index in [2.05, 4.69) is 10.4 Å². The summed E-state index contributed by atoms with van der Waals surface area (Å²) < 4.78 is 45.1. The van der Waals surface area contributed by atoms with E-state index in [9.17, 15) is 22.8 Å². The third kappa shape index (κ3) is 5.07. The molecule has 3 rings (SSSR count). The van der Waals surface area contributed by atoms with Gasteiger partial charge in [-0.05, 0) is 39.3 Å². The molecule has 0 bridgehead atoms. The maximum absolute atomic E-state index is 12.8. The normalized spacial score (nSPS) is 17.8.